The number of hydrogen-bond acceptors (Lipinski definition) is 4. The van der Waals surface area contributed by atoms with Crippen LogP contribution in [-0.2, 0) is 16.1 Å². The number of ether oxygens (including phenoxy) is 3. The highest BCUT2D eigenvalue weighted by Crippen LogP contribution is 2.41. The summed E-state index contributed by atoms with van der Waals surface area (Å²) in [5.74, 6) is 0.944. The second-order valence-electron chi connectivity index (χ2n) is 9.54. The molecule has 0 aromatic heterocycles. The molecule has 4 aliphatic rings. The van der Waals surface area contributed by atoms with E-state index >= 15 is 0 Å². The van der Waals surface area contributed by atoms with Gasteiger partial charge in [-0.05, 0) is 54.2 Å². The standard InChI is InChI=1S/C26H30ClNO3/c27-24-15-19(4-6-23(24)20-8-13-29-16-20)18-5-7-25-21(14-18)17-30-26(31-25)9-11-28(12-10-26)22-2-1-3-22/h4-7,14-15,20,22H,1-3,8-13,16-17H2. The van der Waals surface area contributed by atoms with E-state index < -0.39 is 5.79 Å². The molecule has 1 spiro atoms. The molecule has 164 valence electrons. The summed E-state index contributed by atoms with van der Waals surface area (Å²) in [6, 6.07) is 13.7. The van der Waals surface area contributed by atoms with Gasteiger partial charge in [0.15, 0.2) is 0 Å². The lowest BCUT2D eigenvalue weighted by Crippen LogP contribution is -2.54. The fraction of sp³-hybridized carbons (Fsp3) is 0.538. The Morgan fingerprint density at radius 1 is 0.968 bits per heavy atom. The Hall–Kier alpha value is -1.59. The van der Waals surface area contributed by atoms with Gasteiger partial charge in [-0.3, -0.25) is 4.90 Å². The summed E-state index contributed by atoms with van der Waals surface area (Å²) < 4.78 is 18.3. The average molecular weight is 440 g/mol. The van der Waals surface area contributed by atoms with E-state index in [1.165, 1.54) is 24.8 Å². The second kappa shape index (κ2) is 8.08. The van der Waals surface area contributed by atoms with Gasteiger partial charge in [-0.2, -0.15) is 0 Å². The summed E-state index contributed by atoms with van der Waals surface area (Å²) in [6.07, 6.45) is 7.06. The molecule has 1 unspecified atom stereocenters. The zero-order valence-electron chi connectivity index (χ0n) is 17.9. The third-order valence-corrected chi connectivity index (χ3v) is 8.03. The Kier molecular flexibility index (Phi) is 5.22. The first-order valence-corrected chi connectivity index (χ1v) is 12.1. The Labute approximate surface area is 189 Å². The lowest BCUT2D eigenvalue weighted by molar-refractivity contribution is -0.231. The lowest BCUT2D eigenvalue weighted by Gasteiger charge is -2.47. The number of halogens is 1. The van der Waals surface area contributed by atoms with E-state index in [9.17, 15) is 0 Å². The summed E-state index contributed by atoms with van der Waals surface area (Å²) >= 11 is 6.64. The van der Waals surface area contributed by atoms with Crippen LogP contribution in [0.1, 0.15) is 55.6 Å². The number of benzene rings is 2. The monoisotopic (exact) mass is 439 g/mol. The maximum absolute atomic E-state index is 6.64. The van der Waals surface area contributed by atoms with Crippen molar-refractivity contribution in [3.05, 3.63) is 52.5 Å². The zero-order valence-corrected chi connectivity index (χ0v) is 18.7. The molecule has 1 aliphatic carbocycles. The number of hydrogen-bond donors (Lipinski definition) is 0. The molecule has 4 nitrogen and oxygen atoms in total. The van der Waals surface area contributed by atoms with Crippen LogP contribution >= 0.6 is 11.6 Å². The molecule has 2 aromatic carbocycles. The molecule has 3 aliphatic heterocycles. The van der Waals surface area contributed by atoms with Gasteiger partial charge in [0.1, 0.15) is 5.75 Å². The van der Waals surface area contributed by atoms with Crippen molar-refractivity contribution >= 4 is 11.6 Å². The summed E-state index contributed by atoms with van der Waals surface area (Å²) in [5.41, 5.74) is 4.60. The number of rotatable bonds is 3. The highest BCUT2D eigenvalue weighted by Gasteiger charge is 2.42. The van der Waals surface area contributed by atoms with Crippen molar-refractivity contribution in [2.24, 2.45) is 0 Å². The molecule has 3 heterocycles. The number of piperidine rings is 1. The van der Waals surface area contributed by atoms with Crippen LogP contribution in [0.4, 0.5) is 0 Å². The minimum absolute atomic E-state index is 0.416. The maximum Gasteiger partial charge on any atom is 0.213 e. The summed E-state index contributed by atoms with van der Waals surface area (Å²) in [7, 11) is 0. The molecule has 0 radical (unpaired) electrons. The second-order valence-corrected chi connectivity index (χ2v) is 9.95. The third-order valence-electron chi connectivity index (χ3n) is 7.70. The quantitative estimate of drug-likeness (QED) is 0.608. The van der Waals surface area contributed by atoms with E-state index in [4.69, 9.17) is 25.8 Å². The van der Waals surface area contributed by atoms with Gasteiger partial charge in [0.25, 0.3) is 0 Å². The van der Waals surface area contributed by atoms with Gasteiger partial charge in [0.2, 0.25) is 5.79 Å². The van der Waals surface area contributed by atoms with Crippen LogP contribution in [0.25, 0.3) is 11.1 Å². The van der Waals surface area contributed by atoms with E-state index in [1.54, 1.807) is 0 Å². The minimum atomic E-state index is -0.441. The van der Waals surface area contributed by atoms with Gasteiger partial charge < -0.3 is 14.2 Å². The van der Waals surface area contributed by atoms with Crippen LogP contribution < -0.4 is 4.74 Å². The number of nitrogens with zero attached hydrogens (tertiary/aromatic N) is 1. The van der Waals surface area contributed by atoms with Crippen molar-refractivity contribution in [1.82, 2.24) is 4.90 Å². The molecule has 2 saturated heterocycles. The van der Waals surface area contributed by atoms with E-state index in [0.29, 0.717) is 12.5 Å². The Balaban J connectivity index is 1.17. The summed E-state index contributed by atoms with van der Waals surface area (Å²) in [4.78, 5) is 2.63. The van der Waals surface area contributed by atoms with Crippen molar-refractivity contribution in [2.45, 2.75) is 62.9 Å². The van der Waals surface area contributed by atoms with Crippen molar-refractivity contribution < 1.29 is 14.2 Å². The first-order valence-electron chi connectivity index (χ1n) is 11.8. The molecule has 0 amide bonds. The van der Waals surface area contributed by atoms with Crippen LogP contribution in [0, 0.1) is 0 Å². The van der Waals surface area contributed by atoms with Crippen molar-refractivity contribution in [3.63, 3.8) is 0 Å². The largest absolute Gasteiger partial charge is 0.462 e. The van der Waals surface area contributed by atoms with E-state index in [2.05, 4.69) is 41.3 Å². The molecule has 1 atom stereocenters. The van der Waals surface area contributed by atoms with E-state index in [-0.39, 0.29) is 0 Å². The highest BCUT2D eigenvalue weighted by atomic mass is 35.5. The molecule has 3 fully saturated rings. The molecule has 0 N–H and O–H groups in total. The summed E-state index contributed by atoms with van der Waals surface area (Å²) in [5, 5.41) is 0.829. The molecular weight excluding hydrogens is 410 g/mol. The van der Waals surface area contributed by atoms with E-state index in [0.717, 1.165) is 79.1 Å². The van der Waals surface area contributed by atoms with Crippen molar-refractivity contribution in [2.75, 3.05) is 26.3 Å². The highest BCUT2D eigenvalue weighted by molar-refractivity contribution is 6.31. The smallest absolute Gasteiger partial charge is 0.213 e. The fourth-order valence-electron chi connectivity index (χ4n) is 5.46. The van der Waals surface area contributed by atoms with Gasteiger partial charge in [0.05, 0.1) is 13.2 Å². The molecule has 31 heavy (non-hydrogen) atoms. The van der Waals surface area contributed by atoms with Gasteiger partial charge in [-0.1, -0.05) is 36.2 Å². The summed E-state index contributed by atoms with van der Waals surface area (Å²) in [6.45, 7) is 4.36. The fourth-order valence-corrected chi connectivity index (χ4v) is 5.79. The topological polar surface area (TPSA) is 30.9 Å². The SMILES string of the molecule is Clc1cc(-c2ccc3c(c2)COC2(CCN(C4CCC4)CC2)O3)ccc1C1CCOC1. The van der Waals surface area contributed by atoms with Gasteiger partial charge in [-0.15, -0.1) is 0 Å². The van der Waals surface area contributed by atoms with Crippen molar-refractivity contribution in [3.8, 4) is 16.9 Å². The Morgan fingerprint density at radius 2 is 1.77 bits per heavy atom. The minimum Gasteiger partial charge on any atom is -0.462 e. The van der Waals surface area contributed by atoms with Gasteiger partial charge in [-0.25, -0.2) is 0 Å². The molecular formula is C26H30ClNO3. The Morgan fingerprint density at radius 3 is 2.48 bits per heavy atom. The van der Waals surface area contributed by atoms with Gasteiger partial charge in [0, 0.05) is 55.1 Å². The van der Waals surface area contributed by atoms with Gasteiger partial charge >= 0.3 is 0 Å². The first kappa shape index (κ1) is 20.0. The average Bonchev–Trinajstić information content (AvgIpc) is 3.28. The predicted molar refractivity (Wildman–Crippen MR) is 122 cm³/mol. The normalized spacial score (nSPS) is 25.8. The number of likely N-dealkylation sites (tertiary alicyclic amines) is 1. The molecule has 0 bridgehead atoms. The lowest BCUT2D eigenvalue weighted by atomic mass is 9.89. The first-order chi connectivity index (χ1) is 15.2. The maximum atomic E-state index is 6.64. The van der Waals surface area contributed by atoms with Crippen molar-refractivity contribution in [1.29, 1.82) is 0 Å². The molecule has 6 rings (SSSR count). The van der Waals surface area contributed by atoms with Crippen LogP contribution in [-0.4, -0.2) is 43.0 Å². The number of fused-ring (bicyclic) bond motifs is 1. The Bertz CT molecular complexity index is 959. The molecule has 5 heteroatoms. The molecule has 2 aromatic rings. The zero-order chi connectivity index (χ0) is 20.8. The van der Waals surface area contributed by atoms with Crippen LogP contribution in [0.15, 0.2) is 36.4 Å². The predicted octanol–water partition coefficient (Wildman–Crippen LogP) is 5.76. The van der Waals surface area contributed by atoms with Crippen LogP contribution in [0.3, 0.4) is 0 Å². The van der Waals surface area contributed by atoms with Crippen LogP contribution in [0.5, 0.6) is 5.75 Å². The molecule has 1 saturated carbocycles. The van der Waals surface area contributed by atoms with Crippen LogP contribution in [0.2, 0.25) is 5.02 Å². The van der Waals surface area contributed by atoms with E-state index in [1.807, 2.05) is 0 Å². The third kappa shape index (κ3) is 3.78.